The molecule has 3 heteroatoms. The van der Waals surface area contributed by atoms with Crippen molar-refractivity contribution < 1.29 is 8.78 Å². The first-order valence-corrected chi connectivity index (χ1v) is 8.42. The van der Waals surface area contributed by atoms with Crippen molar-refractivity contribution in [1.29, 1.82) is 0 Å². The van der Waals surface area contributed by atoms with Gasteiger partial charge in [-0.25, -0.2) is 8.78 Å². The summed E-state index contributed by atoms with van der Waals surface area (Å²) >= 11 is 6.76. The SMILES string of the molecule is CC12CC3CC(C1)CC(C(Cl)c1cc(F)ccc1F)(C3)C2. The number of alkyl halides is 1. The van der Waals surface area contributed by atoms with Crippen molar-refractivity contribution in [3.63, 3.8) is 0 Å². The minimum absolute atomic E-state index is 0.0327. The molecule has 4 aliphatic carbocycles. The standard InChI is InChI=1S/C18H21ClF2/c1-17-6-11-4-12(7-17)9-18(8-11,10-17)16(19)14-5-13(20)2-3-15(14)21/h2-3,5,11-12,16H,4,6-10H2,1H3. The molecule has 0 aliphatic heterocycles. The largest absolute Gasteiger partial charge is 0.207 e. The summed E-state index contributed by atoms with van der Waals surface area (Å²) in [6.45, 7) is 2.37. The van der Waals surface area contributed by atoms with Crippen LogP contribution in [0.15, 0.2) is 18.2 Å². The third-order valence-corrected chi connectivity index (χ3v) is 6.87. The first-order chi connectivity index (χ1) is 9.89. The minimum Gasteiger partial charge on any atom is -0.207 e. The lowest BCUT2D eigenvalue weighted by Crippen LogP contribution is -2.52. The van der Waals surface area contributed by atoms with Gasteiger partial charge < -0.3 is 0 Å². The van der Waals surface area contributed by atoms with E-state index in [9.17, 15) is 8.78 Å². The molecule has 1 aromatic carbocycles. The molecule has 1 aromatic rings. The highest BCUT2D eigenvalue weighted by atomic mass is 35.5. The number of rotatable bonds is 2. The summed E-state index contributed by atoms with van der Waals surface area (Å²) in [5.74, 6) is 0.702. The van der Waals surface area contributed by atoms with Crippen LogP contribution in [0.5, 0.6) is 0 Å². The fourth-order valence-corrected chi connectivity index (χ4v) is 6.56. The lowest BCUT2D eigenvalue weighted by molar-refractivity contribution is -0.104. The first-order valence-electron chi connectivity index (χ1n) is 7.98. The Hall–Kier alpha value is -0.630. The molecular weight excluding hydrogens is 290 g/mol. The average Bonchev–Trinajstić information content (AvgIpc) is 2.38. The van der Waals surface area contributed by atoms with Gasteiger partial charge in [-0.15, -0.1) is 11.6 Å². The van der Waals surface area contributed by atoms with E-state index in [4.69, 9.17) is 11.6 Å². The molecule has 114 valence electrons. The second-order valence-corrected chi connectivity index (χ2v) is 8.60. The number of benzene rings is 1. The number of hydrogen-bond acceptors (Lipinski definition) is 0. The maximum Gasteiger partial charge on any atom is 0.128 e. The highest BCUT2D eigenvalue weighted by Crippen LogP contribution is 2.69. The van der Waals surface area contributed by atoms with Crippen molar-refractivity contribution >= 4 is 11.6 Å². The molecule has 0 N–H and O–H groups in total. The van der Waals surface area contributed by atoms with Crippen LogP contribution in [0.3, 0.4) is 0 Å². The fourth-order valence-electron chi connectivity index (χ4n) is 6.13. The molecule has 0 radical (unpaired) electrons. The third-order valence-electron chi connectivity index (χ3n) is 6.17. The monoisotopic (exact) mass is 310 g/mol. The van der Waals surface area contributed by atoms with E-state index in [0.717, 1.165) is 31.1 Å². The normalized spacial score (nSPS) is 42.3. The lowest BCUT2D eigenvalue weighted by atomic mass is 9.43. The summed E-state index contributed by atoms with van der Waals surface area (Å²) in [5.41, 5.74) is 0.693. The maximum atomic E-state index is 14.1. The Morgan fingerprint density at radius 2 is 1.81 bits per heavy atom. The molecule has 0 heterocycles. The second kappa shape index (κ2) is 4.44. The maximum absolute atomic E-state index is 14.1. The smallest absolute Gasteiger partial charge is 0.128 e. The van der Waals surface area contributed by atoms with Crippen LogP contribution in [-0.4, -0.2) is 0 Å². The Balaban J connectivity index is 1.73. The predicted octanol–water partition coefficient (Wildman–Crippen LogP) is 5.85. The summed E-state index contributed by atoms with van der Waals surface area (Å²) in [5, 5.41) is -0.404. The van der Waals surface area contributed by atoms with Crippen LogP contribution in [0.4, 0.5) is 8.78 Å². The van der Waals surface area contributed by atoms with Crippen molar-refractivity contribution in [3.05, 3.63) is 35.4 Å². The third kappa shape index (κ3) is 2.13. The summed E-state index contributed by atoms with van der Waals surface area (Å²) in [6, 6.07) is 3.68. The van der Waals surface area contributed by atoms with Crippen LogP contribution in [0.25, 0.3) is 0 Å². The summed E-state index contributed by atoms with van der Waals surface area (Å²) in [7, 11) is 0. The Labute approximate surface area is 129 Å². The van der Waals surface area contributed by atoms with Crippen molar-refractivity contribution in [2.24, 2.45) is 22.7 Å². The van der Waals surface area contributed by atoms with E-state index >= 15 is 0 Å². The van der Waals surface area contributed by atoms with Crippen LogP contribution < -0.4 is 0 Å². The van der Waals surface area contributed by atoms with Gasteiger partial charge in [0.15, 0.2) is 0 Å². The van der Waals surface area contributed by atoms with E-state index in [1.807, 2.05) is 0 Å². The molecular formula is C18H21ClF2. The van der Waals surface area contributed by atoms with Crippen molar-refractivity contribution in [3.8, 4) is 0 Å². The van der Waals surface area contributed by atoms with Gasteiger partial charge >= 0.3 is 0 Å². The van der Waals surface area contributed by atoms with Gasteiger partial charge in [0.05, 0.1) is 5.38 Å². The molecule has 4 saturated carbocycles. The van der Waals surface area contributed by atoms with E-state index < -0.39 is 11.2 Å². The quantitative estimate of drug-likeness (QED) is 0.601. The van der Waals surface area contributed by atoms with E-state index in [1.165, 1.54) is 37.5 Å². The molecule has 0 amide bonds. The molecule has 4 fully saturated rings. The highest BCUT2D eigenvalue weighted by Gasteiger charge is 2.58. The Morgan fingerprint density at radius 1 is 1.14 bits per heavy atom. The van der Waals surface area contributed by atoms with Gasteiger partial charge in [0.25, 0.3) is 0 Å². The second-order valence-electron chi connectivity index (χ2n) is 8.16. The molecule has 5 rings (SSSR count). The zero-order chi connectivity index (χ0) is 14.8. The molecule has 21 heavy (non-hydrogen) atoms. The van der Waals surface area contributed by atoms with Crippen LogP contribution in [0, 0.1) is 34.3 Å². The predicted molar refractivity (Wildman–Crippen MR) is 80.2 cm³/mol. The van der Waals surface area contributed by atoms with Crippen molar-refractivity contribution in [2.75, 3.05) is 0 Å². The topological polar surface area (TPSA) is 0 Å². The summed E-state index contributed by atoms with van der Waals surface area (Å²) in [6.07, 6.45) is 7.14. The van der Waals surface area contributed by atoms with Crippen LogP contribution in [0.2, 0.25) is 0 Å². The molecule has 0 aromatic heterocycles. The number of hydrogen-bond donors (Lipinski definition) is 0. The van der Waals surface area contributed by atoms with E-state index in [1.54, 1.807) is 0 Å². The van der Waals surface area contributed by atoms with Crippen LogP contribution in [-0.2, 0) is 0 Å². The molecule has 0 spiro atoms. The van der Waals surface area contributed by atoms with Crippen molar-refractivity contribution in [1.82, 2.24) is 0 Å². The van der Waals surface area contributed by atoms with Gasteiger partial charge in [0.1, 0.15) is 11.6 Å². The summed E-state index contributed by atoms with van der Waals surface area (Å²) in [4.78, 5) is 0. The molecule has 4 aliphatic rings. The first kappa shape index (κ1) is 14.0. The highest BCUT2D eigenvalue weighted by molar-refractivity contribution is 6.21. The Morgan fingerprint density at radius 3 is 2.43 bits per heavy atom. The van der Waals surface area contributed by atoms with Gasteiger partial charge in [-0.2, -0.15) is 0 Å². The van der Waals surface area contributed by atoms with Crippen molar-refractivity contribution in [2.45, 2.75) is 50.8 Å². The Bertz CT molecular complexity index is 569. The molecule has 3 atom stereocenters. The van der Waals surface area contributed by atoms with Gasteiger partial charge in [-0.05, 0) is 79.4 Å². The Kier molecular flexibility index (Phi) is 2.96. The van der Waals surface area contributed by atoms with E-state index in [0.29, 0.717) is 11.0 Å². The molecule has 3 unspecified atom stereocenters. The van der Waals surface area contributed by atoms with Crippen LogP contribution >= 0.6 is 11.6 Å². The van der Waals surface area contributed by atoms with Gasteiger partial charge in [-0.1, -0.05) is 6.92 Å². The van der Waals surface area contributed by atoms with Gasteiger partial charge in [-0.3, -0.25) is 0 Å². The molecule has 4 bridgehead atoms. The van der Waals surface area contributed by atoms with Gasteiger partial charge in [0, 0.05) is 5.56 Å². The molecule has 0 saturated heterocycles. The van der Waals surface area contributed by atoms with Crippen LogP contribution in [0.1, 0.15) is 56.4 Å². The number of halogens is 3. The molecule has 0 nitrogen and oxygen atoms in total. The zero-order valence-corrected chi connectivity index (χ0v) is 13.1. The minimum atomic E-state index is -0.404. The fraction of sp³-hybridized carbons (Fsp3) is 0.667. The average molecular weight is 311 g/mol. The van der Waals surface area contributed by atoms with E-state index in [2.05, 4.69) is 6.92 Å². The van der Waals surface area contributed by atoms with Gasteiger partial charge in [0.2, 0.25) is 0 Å². The zero-order valence-electron chi connectivity index (χ0n) is 12.3. The van der Waals surface area contributed by atoms with E-state index in [-0.39, 0.29) is 11.2 Å². The summed E-state index contributed by atoms with van der Waals surface area (Å²) < 4.78 is 27.7. The lowest BCUT2D eigenvalue weighted by Gasteiger charge is -2.62.